The first-order chi connectivity index (χ1) is 17.7. The van der Waals surface area contributed by atoms with Crippen molar-refractivity contribution in [2.45, 2.75) is 0 Å². The molecule has 0 spiro atoms. The number of allylic oxidation sites excluding steroid dienone is 4. The third-order valence-electron chi connectivity index (χ3n) is 5.71. The maximum absolute atomic E-state index is 12.4. The van der Waals surface area contributed by atoms with Crippen molar-refractivity contribution in [3.05, 3.63) is 106 Å². The first kappa shape index (κ1) is 24.1. The van der Waals surface area contributed by atoms with Gasteiger partial charge in [-0.3, -0.25) is 9.59 Å². The Bertz CT molecular complexity index is 1220. The highest BCUT2D eigenvalue weighted by molar-refractivity contribution is 8.18. The van der Waals surface area contributed by atoms with Crippen LogP contribution in [0.25, 0.3) is 12.2 Å². The molecule has 0 atom stereocenters. The predicted molar refractivity (Wildman–Crippen MR) is 150 cm³/mol. The summed E-state index contributed by atoms with van der Waals surface area (Å²) in [5.41, 5.74) is 2.16. The normalized spacial score (nSPS) is 20.9. The molecule has 0 aliphatic carbocycles. The number of carbonyl (C=O) groups excluding carboxylic acids is 2. The predicted octanol–water partition coefficient (Wildman–Crippen LogP) is 5.06. The molecule has 1 fully saturated rings. The second-order valence-corrected chi connectivity index (χ2v) is 10.2. The van der Waals surface area contributed by atoms with Crippen molar-refractivity contribution in [1.29, 1.82) is 0 Å². The number of hydrogen-bond acceptors (Lipinski definition) is 6. The molecular formula is C28H24N4O2S2. The lowest BCUT2D eigenvalue weighted by Gasteiger charge is -2.35. The Balaban J connectivity index is 1.13. The molecule has 3 aliphatic heterocycles. The van der Waals surface area contributed by atoms with Crippen LogP contribution in [0, 0.1) is 0 Å². The minimum absolute atomic E-state index is 0.199. The Morgan fingerprint density at radius 2 is 1.00 bits per heavy atom. The molecule has 180 valence electrons. The Labute approximate surface area is 218 Å². The van der Waals surface area contributed by atoms with Crippen molar-refractivity contribution < 1.29 is 9.59 Å². The van der Waals surface area contributed by atoms with E-state index in [0.717, 1.165) is 21.5 Å². The molecule has 6 nitrogen and oxygen atoms in total. The minimum Gasteiger partial charge on any atom is -0.347 e. The smallest absolute Gasteiger partial charge is 0.286 e. The summed E-state index contributed by atoms with van der Waals surface area (Å²) in [5.74, 6) is -0.399. The first-order valence-corrected chi connectivity index (χ1v) is 13.3. The SMILES string of the molecule is O=C1N=C(N2CCN(C3=NC(=O)C(=CC=Cc4ccccc4)S3)CC2)SC1=CC=Cc1ccccc1. The maximum Gasteiger partial charge on any atom is 0.286 e. The summed E-state index contributed by atoms with van der Waals surface area (Å²) in [5, 5.41) is 1.48. The maximum atomic E-state index is 12.4. The quantitative estimate of drug-likeness (QED) is 0.534. The van der Waals surface area contributed by atoms with E-state index in [1.54, 1.807) is 0 Å². The molecule has 2 amide bonds. The van der Waals surface area contributed by atoms with Gasteiger partial charge in [0.05, 0.1) is 9.81 Å². The van der Waals surface area contributed by atoms with E-state index in [9.17, 15) is 9.59 Å². The molecular weight excluding hydrogens is 488 g/mol. The lowest BCUT2D eigenvalue weighted by atomic mass is 10.2. The average molecular weight is 513 g/mol. The van der Waals surface area contributed by atoms with Crippen molar-refractivity contribution >= 4 is 57.8 Å². The van der Waals surface area contributed by atoms with E-state index in [0.29, 0.717) is 36.0 Å². The highest BCUT2D eigenvalue weighted by Gasteiger charge is 2.31. The Morgan fingerprint density at radius 3 is 1.39 bits per heavy atom. The summed E-state index contributed by atoms with van der Waals surface area (Å²) in [6.45, 7) is 2.86. The number of carbonyl (C=O) groups is 2. The lowest BCUT2D eigenvalue weighted by Crippen LogP contribution is -2.49. The summed E-state index contributed by atoms with van der Waals surface area (Å²) in [6, 6.07) is 19.9. The van der Waals surface area contributed by atoms with E-state index in [-0.39, 0.29) is 11.8 Å². The molecule has 0 saturated carbocycles. The molecule has 0 radical (unpaired) electrons. The molecule has 0 bridgehead atoms. The molecule has 1 saturated heterocycles. The number of piperazine rings is 1. The van der Waals surface area contributed by atoms with Gasteiger partial charge in [-0.1, -0.05) is 85.0 Å². The van der Waals surface area contributed by atoms with Crippen LogP contribution < -0.4 is 0 Å². The highest BCUT2D eigenvalue weighted by atomic mass is 32.2. The van der Waals surface area contributed by atoms with E-state index >= 15 is 0 Å². The van der Waals surface area contributed by atoms with Crippen LogP contribution in [0.5, 0.6) is 0 Å². The molecule has 0 N–H and O–H groups in total. The topological polar surface area (TPSA) is 65.3 Å². The third kappa shape index (κ3) is 5.95. The fraction of sp³-hybridized carbons (Fsp3) is 0.143. The fourth-order valence-corrected chi connectivity index (χ4v) is 5.64. The van der Waals surface area contributed by atoms with Gasteiger partial charge in [-0.05, 0) is 46.8 Å². The Hall–Kier alpha value is -3.62. The second kappa shape index (κ2) is 11.4. The fourth-order valence-electron chi connectivity index (χ4n) is 3.81. The molecule has 8 heteroatoms. The summed E-state index contributed by atoms with van der Waals surface area (Å²) in [6.07, 6.45) is 11.4. The van der Waals surface area contributed by atoms with Gasteiger partial charge in [-0.15, -0.1) is 0 Å². The standard InChI is InChI=1S/C28H24N4O2S2/c33-25-23(15-7-13-21-9-3-1-4-10-21)35-27(29-25)31-17-19-32(20-18-31)28-30-26(34)24(36-28)16-8-14-22-11-5-2-6-12-22/h1-16H,17-20H2. The van der Waals surface area contributed by atoms with Crippen molar-refractivity contribution in [2.75, 3.05) is 26.2 Å². The zero-order valence-electron chi connectivity index (χ0n) is 19.5. The van der Waals surface area contributed by atoms with Crippen LogP contribution in [0.15, 0.2) is 105 Å². The zero-order valence-corrected chi connectivity index (χ0v) is 21.1. The number of rotatable bonds is 4. The van der Waals surface area contributed by atoms with Crippen molar-refractivity contribution in [3.8, 4) is 0 Å². The summed E-state index contributed by atoms with van der Waals surface area (Å²) in [4.78, 5) is 38.8. The molecule has 0 unspecified atom stereocenters. The van der Waals surface area contributed by atoms with Gasteiger partial charge in [0.15, 0.2) is 10.3 Å². The van der Waals surface area contributed by atoms with E-state index in [1.165, 1.54) is 23.5 Å². The van der Waals surface area contributed by atoms with Gasteiger partial charge in [-0.2, -0.15) is 9.98 Å². The number of aliphatic imine (C=N–C) groups is 2. The van der Waals surface area contributed by atoms with Gasteiger partial charge >= 0.3 is 0 Å². The number of nitrogens with zero attached hydrogens (tertiary/aromatic N) is 4. The summed E-state index contributed by atoms with van der Waals surface area (Å²) in [7, 11) is 0. The van der Waals surface area contributed by atoms with Gasteiger partial charge in [-0.25, -0.2) is 0 Å². The van der Waals surface area contributed by atoms with Gasteiger partial charge in [0.25, 0.3) is 11.8 Å². The van der Waals surface area contributed by atoms with E-state index in [2.05, 4.69) is 19.8 Å². The molecule has 36 heavy (non-hydrogen) atoms. The number of thioether (sulfide) groups is 2. The van der Waals surface area contributed by atoms with Gasteiger partial charge in [0, 0.05) is 26.2 Å². The molecule has 0 aromatic heterocycles. The molecule has 2 aromatic carbocycles. The van der Waals surface area contributed by atoms with Gasteiger partial charge in [0.2, 0.25) is 0 Å². The number of hydrogen-bond donors (Lipinski definition) is 0. The molecule has 3 aliphatic rings. The Morgan fingerprint density at radius 1 is 0.611 bits per heavy atom. The largest absolute Gasteiger partial charge is 0.347 e. The number of amides is 2. The van der Waals surface area contributed by atoms with Crippen LogP contribution in [-0.4, -0.2) is 58.1 Å². The third-order valence-corrected chi connectivity index (χ3v) is 7.84. The van der Waals surface area contributed by atoms with Crippen molar-refractivity contribution in [2.24, 2.45) is 9.98 Å². The van der Waals surface area contributed by atoms with Crippen LogP contribution in [0.4, 0.5) is 0 Å². The van der Waals surface area contributed by atoms with Crippen LogP contribution >= 0.6 is 23.5 Å². The minimum atomic E-state index is -0.199. The first-order valence-electron chi connectivity index (χ1n) is 11.6. The summed E-state index contributed by atoms with van der Waals surface area (Å²) >= 11 is 2.83. The van der Waals surface area contributed by atoms with Crippen LogP contribution in [0.2, 0.25) is 0 Å². The van der Waals surface area contributed by atoms with Crippen molar-refractivity contribution in [1.82, 2.24) is 9.80 Å². The number of amidine groups is 2. The van der Waals surface area contributed by atoms with Crippen LogP contribution in [0.3, 0.4) is 0 Å². The average Bonchev–Trinajstić information content (AvgIpc) is 3.47. The van der Waals surface area contributed by atoms with Crippen LogP contribution in [0.1, 0.15) is 11.1 Å². The number of benzene rings is 2. The monoisotopic (exact) mass is 512 g/mol. The second-order valence-electron chi connectivity index (χ2n) is 8.18. The van der Waals surface area contributed by atoms with E-state index in [4.69, 9.17) is 0 Å². The van der Waals surface area contributed by atoms with E-state index < -0.39 is 0 Å². The zero-order chi connectivity index (χ0) is 24.7. The summed E-state index contributed by atoms with van der Waals surface area (Å²) < 4.78 is 0. The molecule has 5 rings (SSSR count). The lowest BCUT2D eigenvalue weighted by molar-refractivity contribution is -0.114. The van der Waals surface area contributed by atoms with Gasteiger partial charge < -0.3 is 9.80 Å². The van der Waals surface area contributed by atoms with Crippen molar-refractivity contribution in [3.63, 3.8) is 0 Å². The molecule has 3 heterocycles. The van der Waals surface area contributed by atoms with Crippen LogP contribution in [-0.2, 0) is 9.59 Å². The van der Waals surface area contributed by atoms with E-state index in [1.807, 2.05) is 97.1 Å². The van der Waals surface area contributed by atoms with Gasteiger partial charge in [0.1, 0.15) is 0 Å². The highest BCUT2D eigenvalue weighted by Crippen LogP contribution is 2.31. The molecule has 2 aromatic rings. The Kier molecular flexibility index (Phi) is 7.64.